The van der Waals surface area contributed by atoms with Gasteiger partial charge in [0.15, 0.2) is 0 Å². The number of amides is 2. The highest BCUT2D eigenvalue weighted by Crippen LogP contribution is 2.13. The van der Waals surface area contributed by atoms with Gasteiger partial charge in [-0.2, -0.15) is 0 Å². The quantitative estimate of drug-likeness (QED) is 0.883. The van der Waals surface area contributed by atoms with E-state index < -0.39 is 11.7 Å². The zero-order valence-corrected chi connectivity index (χ0v) is 13.9. The van der Waals surface area contributed by atoms with Crippen LogP contribution in [0.1, 0.15) is 22.2 Å². The van der Waals surface area contributed by atoms with Gasteiger partial charge in [0.05, 0.1) is 6.54 Å². The van der Waals surface area contributed by atoms with Crippen molar-refractivity contribution in [2.75, 3.05) is 13.6 Å². The van der Waals surface area contributed by atoms with E-state index in [4.69, 9.17) is 0 Å². The number of thiophene rings is 1. The first-order valence-electron chi connectivity index (χ1n) is 7.29. The van der Waals surface area contributed by atoms with Crippen LogP contribution in [0.15, 0.2) is 41.8 Å². The smallest absolute Gasteiger partial charge is 0.251 e. The van der Waals surface area contributed by atoms with Gasteiger partial charge in [-0.25, -0.2) is 4.39 Å². The molecule has 1 aromatic heterocycles. The molecule has 1 unspecified atom stereocenters. The summed E-state index contributed by atoms with van der Waals surface area (Å²) in [5.41, 5.74) is 0.327. The molecule has 0 aliphatic rings. The van der Waals surface area contributed by atoms with Crippen LogP contribution in [0, 0.1) is 5.82 Å². The molecule has 122 valence electrons. The van der Waals surface area contributed by atoms with Crippen LogP contribution < -0.4 is 5.32 Å². The summed E-state index contributed by atoms with van der Waals surface area (Å²) in [4.78, 5) is 26.9. The van der Waals surface area contributed by atoms with Gasteiger partial charge in [0.2, 0.25) is 5.91 Å². The molecule has 1 aromatic carbocycles. The molecule has 0 saturated heterocycles. The molecule has 0 fully saturated rings. The Morgan fingerprint density at radius 2 is 1.96 bits per heavy atom. The molecule has 2 amide bonds. The van der Waals surface area contributed by atoms with Crippen LogP contribution in [-0.2, 0) is 11.2 Å². The van der Waals surface area contributed by atoms with Gasteiger partial charge in [0.1, 0.15) is 5.82 Å². The first-order chi connectivity index (χ1) is 11.0. The molecule has 0 aliphatic carbocycles. The minimum Gasteiger partial charge on any atom is -0.343 e. The molecule has 1 atom stereocenters. The molecule has 1 heterocycles. The molecular weight excluding hydrogens is 315 g/mol. The van der Waals surface area contributed by atoms with Crippen molar-refractivity contribution < 1.29 is 14.0 Å². The van der Waals surface area contributed by atoms with E-state index >= 15 is 0 Å². The number of carbonyl (C=O) groups is 2. The summed E-state index contributed by atoms with van der Waals surface area (Å²) < 4.78 is 12.8. The zero-order chi connectivity index (χ0) is 16.8. The lowest BCUT2D eigenvalue weighted by atomic mass is 10.2. The van der Waals surface area contributed by atoms with Crippen LogP contribution in [0.25, 0.3) is 0 Å². The van der Waals surface area contributed by atoms with Crippen LogP contribution in [-0.4, -0.2) is 36.3 Å². The third kappa shape index (κ3) is 4.89. The Hall–Kier alpha value is -2.21. The van der Waals surface area contributed by atoms with Gasteiger partial charge in [-0.15, -0.1) is 11.3 Å². The Bertz CT molecular complexity index is 656. The zero-order valence-electron chi connectivity index (χ0n) is 13.1. The average molecular weight is 334 g/mol. The van der Waals surface area contributed by atoms with Gasteiger partial charge in [-0.3, -0.25) is 9.59 Å². The van der Waals surface area contributed by atoms with E-state index in [1.54, 1.807) is 23.3 Å². The number of nitrogens with one attached hydrogen (secondary N) is 1. The summed E-state index contributed by atoms with van der Waals surface area (Å²) in [6.45, 7) is 1.89. The van der Waals surface area contributed by atoms with E-state index in [9.17, 15) is 14.0 Å². The molecule has 2 aromatic rings. The molecule has 2 rings (SSSR count). The minimum absolute atomic E-state index is 0.0453. The van der Waals surface area contributed by atoms with Gasteiger partial charge < -0.3 is 10.2 Å². The Labute approximate surface area is 138 Å². The number of hydrogen-bond donors (Lipinski definition) is 1. The maximum atomic E-state index is 12.8. The fraction of sp³-hybridized carbons (Fsp3) is 0.294. The van der Waals surface area contributed by atoms with Crippen molar-refractivity contribution in [1.82, 2.24) is 10.2 Å². The van der Waals surface area contributed by atoms with Gasteiger partial charge in [-0.05, 0) is 42.6 Å². The maximum absolute atomic E-state index is 12.8. The van der Waals surface area contributed by atoms with E-state index in [-0.39, 0.29) is 18.5 Å². The fourth-order valence-electron chi connectivity index (χ4n) is 2.09. The largest absolute Gasteiger partial charge is 0.343 e. The summed E-state index contributed by atoms with van der Waals surface area (Å²) >= 11 is 1.66. The standard InChI is InChI=1S/C17H19FN2O2S/c1-12(10-15-4-3-9-23-15)20(2)16(21)11-19-17(22)13-5-7-14(18)8-6-13/h3-9,12H,10-11H2,1-2H3,(H,19,22). The van der Waals surface area contributed by atoms with Crippen LogP contribution in [0.4, 0.5) is 4.39 Å². The minimum atomic E-state index is -0.403. The Kier molecular flexibility index (Phi) is 5.87. The lowest BCUT2D eigenvalue weighted by Crippen LogP contribution is -2.42. The highest BCUT2D eigenvalue weighted by Gasteiger charge is 2.17. The number of carbonyl (C=O) groups excluding carboxylic acids is 2. The second-order valence-corrected chi connectivity index (χ2v) is 6.36. The summed E-state index contributed by atoms with van der Waals surface area (Å²) in [7, 11) is 1.73. The number of rotatable bonds is 6. The molecule has 0 saturated carbocycles. The van der Waals surface area contributed by atoms with Crippen molar-refractivity contribution in [2.45, 2.75) is 19.4 Å². The van der Waals surface area contributed by atoms with Gasteiger partial charge in [0.25, 0.3) is 5.91 Å². The summed E-state index contributed by atoms with van der Waals surface area (Å²) in [6, 6.07) is 9.27. The predicted octanol–water partition coefficient (Wildman–Crippen LogP) is 2.71. The number of hydrogen-bond acceptors (Lipinski definition) is 3. The highest BCUT2D eigenvalue weighted by atomic mass is 32.1. The van der Waals surface area contributed by atoms with Crippen molar-refractivity contribution in [3.05, 3.63) is 58.0 Å². The summed E-state index contributed by atoms with van der Waals surface area (Å²) in [6.07, 6.45) is 0.784. The predicted molar refractivity (Wildman–Crippen MR) is 89.0 cm³/mol. The number of likely N-dealkylation sites (N-methyl/N-ethyl adjacent to an activating group) is 1. The molecule has 4 nitrogen and oxygen atoms in total. The molecule has 0 spiro atoms. The topological polar surface area (TPSA) is 49.4 Å². The third-order valence-electron chi connectivity index (χ3n) is 3.64. The maximum Gasteiger partial charge on any atom is 0.251 e. The number of benzene rings is 1. The third-order valence-corrected chi connectivity index (χ3v) is 4.54. The van der Waals surface area contributed by atoms with Crippen molar-refractivity contribution in [2.24, 2.45) is 0 Å². The molecule has 6 heteroatoms. The molecule has 0 bridgehead atoms. The fourth-order valence-corrected chi connectivity index (χ4v) is 2.91. The van der Waals surface area contributed by atoms with E-state index in [2.05, 4.69) is 5.32 Å². The van der Waals surface area contributed by atoms with E-state index in [1.807, 2.05) is 24.4 Å². The average Bonchev–Trinajstić information content (AvgIpc) is 3.05. The SMILES string of the molecule is CC(Cc1cccs1)N(C)C(=O)CNC(=O)c1ccc(F)cc1. The second kappa shape index (κ2) is 7.87. The summed E-state index contributed by atoms with van der Waals surface area (Å²) in [5.74, 6) is -0.957. The van der Waals surface area contributed by atoms with Gasteiger partial charge in [-0.1, -0.05) is 6.07 Å². The lowest BCUT2D eigenvalue weighted by molar-refractivity contribution is -0.130. The number of nitrogens with zero attached hydrogens (tertiary/aromatic N) is 1. The Morgan fingerprint density at radius 1 is 1.26 bits per heavy atom. The van der Waals surface area contributed by atoms with Gasteiger partial charge in [0, 0.05) is 30.0 Å². The number of halogens is 1. The van der Waals surface area contributed by atoms with E-state index in [0.717, 1.165) is 6.42 Å². The van der Waals surface area contributed by atoms with Crippen molar-refractivity contribution in [1.29, 1.82) is 0 Å². The van der Waals surface area contributed by atoms with Crippen molar-refractivity contribution >= 4 is 23.2 Å². The van der Waals surface area contributed by atoms with E-state index in [1.165, 1.54) is 29.1 Å². The van der Waals surface area contributed by atoms with Crippen molar-refractivity contribution in [3.63, 3.8) is 0 Å². The molecule has 0 aliphatic heterocycles. The van der Waals surface area contributed by atoms with Crippen molar-refractivity contribution in [3.8, 4) is 0 Å². The van der Waals surface area contributed by atoms with Gasteiger partial charge >= 0.3 is 0 Å². The first kappa shape index (κ1) is 17.1. The lowest BCUT2D eigenvalue weighted by Gasteiger charge is -2.24. The summed E-state index contributed by atoms with van der Waals surface area (Å²) in [5, 5.41) is 4.57. The first-order valence-corrected chi connectivity index (χ1v) is 8.17. The highest BCUT2D eigenvalue weighted by molar-refractivity contribution is 7.09. The van der Waals surface area contributed by atoms with Crippen LogP contribution in [0.5, 0.6) is 0 Å². The van der Waals surface area contributed by atoms with Crippen LogP contribution in [0.2, 0.25) is 0 Å². The normalized spacial score (nSPS) is 11.8. The Balaban J connectivity index is 1.83. The molecule has 0 radical (unpaired) electrons. The monoisotopic (exact) mass is 334 g/mol. The van der Waals surface area contributed by atoms with Crippen LogP contribution >= 0.6 is 11.3 Å². The van der Waals surface area contributed by atoms with Crippen LogP contribution in [0.3, 0.4) is 0 Å². The van der Waals surface area contributed by atoms with E-state index in [0.29, 0.717) is 5.56 Å². The second-order valence-electron chi connectivity index (χ2n) is 5.33. The molecule has 1 N–H and O–H groups in total. The molecule has 23 heavy (non-hydrogen) atoms. The molecular formula is C17H19FN2O2S. The Morgan fingerprint density at radius 3 is 2.57 bits per heavy atom.